The molecule has 1 N–H and O–H groups in total. The topological polar surface area (TPSA) is 26.7 Å². The van der Waals surface area contributed by atoms with E-state index in [0.717, 1.165) is 30.7 Å². The molecule has 0 amide bonds. The Morgan fingerprint density at radius 1 is 1.11 bits per heavy atom. The lowest BCUT2D eigenvalue weighted by molar-refractivity contribution is -0.0301. The third-order valence-electron chi connectivity index (χ3n) is 10.3. The summed E-state index contributed by atoms with van der Waals surface area (Å²) in [5.74, 6) is 2.40. The largest absolute Gasteiger partial charge is 0.392 e. The molecular formula is C24H40N2O. The molecular weight excluding hydrogens is 332 g/mol. The molecule has 27 heavy (non-hydrogen) atoms. The van der Waals surface area contributed by atoms with Gasteiger partial charge >= 0.3 is 0 Å². The first-order valence-electron chi connectivity index (χ1n) is 11.5. The Kier molecular flexibility index (Phi) is 4.18. The Hall–Kier alpha value is -0.380. The summed E-state index contributed by atoms with van der Waals surface area (Å²) < 4.78 is 0. The maximum absolute atomic E-state index is 11.4. The number of rotatable bonds is 1. The van der Waals surface area contributed by atoms with Crippen LogP contribution in [0.4, 0.5) is 0 Å². The van der Waals surface area contributed by atoms with E-state index in [0.29, 0.717) is 17.4 Å². The monoisotopic (exact) mass is 372 g/mol. The van der Waals surface area contributed by atoms with Crippen LogP contribution in [0.2, 0.25) is 0 Å². The van der Waals surface area contributed by atoms with Crippen LogP contribution in [0, 0.1) is 28.6 Å². The molecule has 5 rings (SSSR count). The van der Waals surface area contributed by atoms with Gasteiger partial charge in [0.05, 0.1) is 6.10 Å². The van der Waals surface area contributed by atoms with E-state index in [-0.39, 0.29) is 11.5 Å². The zero-order chi connectivity index (χ0) is 19.1. The summed E-state index contributed by atoms with van der Waals surface area (Å²) in [5.41, 5.74) is 4.10. The molecule has 0 aromatic rings. The van der Waals surface area contributed by atoms with Crippen LogP contribution in [-0.2, 0) is 0 Å². The normalized spacial score (nSPS) is 52.6. The fourth-order valence-corrected chi connectivity index (χ4v) is 8.73. The summed E-state index contributed by atoms with van der Waals surface area (Å²) in [7, 11) is 6.77. The van der Waals surface area contributed by atoms with Gasteiger partial charge in [0.15, 0.2) is 0 Å². The predicted molar refractivity (Wildman–Crippen MR) is 111 cm³/mol. The maximum atomic E-state index is 11.4. The van der Waals surface area contributed by atoms with E-state index >= 15 is 0 Å². The van der Waals surface area contributed by atoms with Crippen molar-refractivity contribution >= 4 is 0 Å². The molecule has 0 aromatic heterocycles. The lowest BCUT2D eigenvalue weighted by atomic mass is 9.51. The molecule has 5 aliphatic rings. The first kappa shape index (κ1) is 18.6. The smallest absolute Gasteiger partial charge is 0.0637 e. The second-order valence-corrected chi connectivity index (χ2v) is 11.3. The number of hydrogen-bond donors (Lipinski definition) is 1. The fraction of sp³-hybridized carbons (Fsp3) is 0.917. The van der Waals surface area contributed by atoms with Crippen LogP contribution in [-0.4, -0.2) is 60.8 Å². The molecule has 3 saturated carbocycles. The van der Waals surface area contributed by atoms with Crippen molar-refractivity contribution < 1.29 is 5.11 Å². The maximum Gasteiger partial charge on any atom is 0.0637 e. The molecule has 0 bridgehead atoms. The zero-order valence-corrected chi connectivity index (χ0v) is 18.2. The molecule has 0 unspecified atom stereocenters. The summed E-state index contributed by atoms with van der Waals surface area (Å²) in [5, 5.41) is 11.4. The van der Waals surface area contributed by atoms with Gasteiger partial charge in [-0.15, -0.1) is 0 Å². The predicted octanol–water partition coefficient (Wildman–Crippen LogP) is 3.92. The van der Waals surface area contributed by atoms with Crippen molar-refractivity contribution in [3.63, 3.8) is 0 Å². The Balaban J connectivity index is 1.51. The Morgan fingerprint density at radius 2 is 1.85 bits per heavy atom. The molecule has 152 valence electrons. The number of allylic oxidation sites excluding steroid dienone is 1. The molecule has 8 atom stereocenters. The van der Waals surface area contributed by atoms with Gasteiger partial charge in [0.2, 0.25) is 0 Å². The van der Waals surface area contributed by atoms with Crippen LogP contribution in [0.25, 0.3) is 0 Å². The van der Waals surface area contributed by atoms with Crippen molar-refractivity contribution in [1.29, 1.82) is 0 Å². The summed E-state index contributed by atoms with van der Waals surface area (Å²) in [4.78, 5) is 5.03. The minimum Gasteiger partial charge on any atom is -0.392 e. The van der Waals surface area contributed by atoms with Gasteiger partial charge in [-0.1, -0.05) is 18.1 Å². The summed E-state index contributed by atoms with van der Waals surface area (Å²) in [6.07, 6.45) is 10.1. The van der Waals surface area contributed by atoms with Crippen molar-refractivity contribution in [2.75, 3.05) is 27.7 Å². The van der Waals surface area contributed by atoms with E-state index in [1.54, 1.807) is 5.57 Å². The van der Waals surface area contributed by atoms with E-state index in [9.17, 15) is 5.11 Å². The SMILES string of the molecule is C[C@H]1[C@H]2CC[C@H]3[C@@H]4C[C@H](O)[C@]5(C)C[C@@H](N(C)C)CCC5=C4CC[C@]23CN1C. The zero-order valence-electron chi connectivity index (χ0n) is 18.2. The van der Waals surface area contributed by atoms with Crippen LogP contribution >= 0.6 is 0 Å². The van der Waals surface area contributed by atoms with Gasteiger partial charge in [-0.2, -0.15) is 0 Å². The Labute approximate surface area is 166 Å². The minimum absolute atomic E-state index is 0.0291. The van der Waals surface area contributed by atoms with E-state index in [1.165, 1.54) is 45.1 Å². The van der Waals surface area contributed by atoms with Gasteiger partial charge in [-0.05, 0) is 103 Å². The first-order chi connectivity index (χ1) is 12.8. The highest BCUT2D eigenvalue weighted by Crippen LogP contribution is 2.67. The second kappa shape index (κ2) is 6.06. The highest BCUT2D eigenvalue weighted by Gasteiger charge is 2.62. The number of likely N-dealkylation sites (tertiary alicyclic amines) is 1. The average Bonchev–Trinajstić information content (AvgIpc) is 3.10. The van der Waals surface area contributed by atoms with Gasteiger partial charge in [0.1, 0.15) is 0 Å². The lowest BCUT2D eigenvalue weighted by Gasteiger charge is -2.56. The molecule has 1 saturated heterocycles. The van der Waals surface area contributed by atoms with Crippen molar-refractivity contribution in [2.45, 2.75) is 83.4 Å². The van der Waals surface area contributed by atoms with Crippen molar-refractivity contribution in [1.82, 2.24) is 9.80 Å². The van der Waals surface area contributed by atoms with Gasteiger partial charge in [-0.25, -0.2) is 0 Å². The van der Waals surface area contributed by atoms with Crippen LogP contribution in [0.3, 0.4) is 0 Å². The molecule has 3 heteroatoms. The first-order valence-corrected chi connectivity index (χ1v) is 11.5. The van der Waals surface area contributed by atoms with Crippen LogP contribution in [0.5, 0.6) is 0 Å². The van der Waals surface area contributed by atoms with Gasteiger partial charge in [0.25, 0.3) is 0 Å². The minimum atomic E-state index is -0.144. The van der Waals surface area contributed by atoms with E-state index in [4.69, 9.17) is 0 Å². The molecule has 4 aliphatic carbocycles. The van der Waals surface area contributed by atoms with E-state index in [2.05, 4.69) is 44.8 Å². The molecule has 3 nitrogen and oxygen atoms in total. The molecule has 4 fully saturated rings. The van der Waals surface area contributed by atoms with Crippen molar-refractivity contribution in [2.24, 2.45) is 28.6 Å². The van der Waals surface area contributed by atoms with Gasteiger partial charge in [-0.3, -0.25) is 0 Å². The summed E-state index contributed by atoms with van der Waals surface area (Å²) in [6.45, 7) is 6.16. The summed E-state index contributed by atoms with van der Waals surface area (Å²) >= 11 is 0. The van der Waals surface area contributed by atoms with Crippen molar-refractivity contribution in [3.8, 4) is 0 Å². The second-order valence-electron chi connectivity index (χ2n) is 11.3. The molecule has 0 radical (unpaired) electrons. The Bertz CT molecular complexity index is 657. The Morgan fingerprint density at radius 3 is 2.59 bits per heavy atom. The van der Waals surface area contributed by atoms with E-state index in [1.807, 2.05) is 5.57 Å². The lowest BCUT2D eigenvalue weighted by Crippen LogP contribution is -2.52. The highest BCUT2D eigenvalue weighted by atomic mass is 16.3. The fourth-order valence-electron chi connectivity index (χ4n) is 8.73. The third-order valence-corrected chi connectivity index (χ3v) is 10.3. The van der Waals surface area contributed by atoms with Gasteiger partial charge < -0.3 is 14.9 Å². The molecule has 1 heterocycles. The van der Waals surface area contributed by atoms with Crippen LogP contribution in [0.15, 0.2) is 11.1 Å². The molecule has 1 spiro atoms. The number of aliphatic hydroxyl groups is 1. The average molecular weight is 373 g/mol. The number of hydrogen-bond acceptors (Lipinski definition) is 3. The number of nitrogens with zero attached hydrogens (tertiary/aromatic N) is 2. The highest BCUT2D eigenvalue weighted by molar-refractivity contribution is 5.35. The van der Waals surface area contributed by atoms with Crippen LogP contribution < -0.4 is 0 Å². The van der Waals surface area contributed by atoms with Crippen LogP contribution in [0.1, 0.15) is 65.2 Å². The third kappa shape index (κ3) is 2.37. The quantitative estimate of drug-likeness (QED) is 0.707. The van der Waals surface area contributed by atoms with E-state index < -0.39 is 0 Å². The van der Waals surface area contributed by atoms with Crippen molar-refractivity contribution in [3.05, 3.63) is 11.1 Å². The number of aliphatic hydroxyl groups excluding tert-OH is 1. The summed E-state index contributed by atoms with van der Waals surface area (Å²) in [6, 6.07) is 1.37. The number of fused-ring (bicyclic) bond motifs is 3. The molecule has 1 aliphatic heterocycles. The standard InChI is InChI=1S/C24H40N2O/c1-15-19-8-9-21-18-12-22(27)23(2)13-16(25(3)4)6-7-20(23)17(18)10-11-24(19,21)14-26(15)5/h15-16,18-19,21-22,27H,6-14H2,1-5H3/t15-,16-,18+,19+,21-,22-,23+,24-/m0/s1. The van der Waals surface area contributed by atoms with Gasteiger partial charge in [0, 0.05) is 24.0 Å². The molecule has 0 aromatic carbocycles.